The zero-order valence-corrected chi connectivity index (χ0v) is 16.7. The van der Waals surface area contributed by atoms with Gasteiger partial charge in [-0.05, 0) is 49.2 Å². The average Bonchev–Trinajstić information content (AvgIpc) is 3.19. The largest absolute Gasteiger partial charge is 0.421 e. The molecule has 0 atom stereocenters. The van der Waals surface area contributed by atoms with Gasteiger partial charge in [0.25, 0.3) is 0 Å². The molecule has 2 aromatic heterocycles. The number of nitrogens with one attached hydrogen (secondary N) is 1. The summed E-state index contributed by atoms with van der Waals surface area (Å²) in [5, 5.41) is 11.3. The van der Waals surface area contributed by atoms with Crippen molar-refractivity contribution in [2.24, 2.45) is 0 Å². The second-order valence-electron chi connectivity index (χ2n) is 6.93. The minimum absolute atomic E-state index is 0.201. The number of benzene rings is 2. The molecule has 2 heterocycles. The minimum Gasteiger partial charge on any atom is -0.421 e. The van der Waals surface area contributed by atoms with Crippen molar-refractivity contribution in [3.05, 3.63) is 71.4 Å². The Hall–Kier alpha value is -3.81. The van der Waals surface area contributed by atoms with Crippen LogP contribution in [-0.4, -0.2) is 26.7 Å². The standard InChI is InChI=1S/C22H21FN6O/c1-13-4-3-5-17(14(13)2)18-12-19(27-22(24)26-18)25-11-10-20-28-29-21(30-20)15-6-8-16(23)9-7-15/h3-9,12H,10-11H2,1-2H3,(H3,24,25,26,27). The number of nitrogen functional groups attached to an aromatic ring is 1. The first-order chi connectivity index (χ1) is 14.5. The van der Waals surface area contributed by atoms with Crippen molar-refractivity contribution >= 4 is 11.8 Å². The highest BCUT2D eigenvalue weighted by Crippen LogP contribution is 2.26. The average molecular weight is 404 g/mol. The number of anilines is 2. The zero-order chi connectivity index (χ0) is 21.1. The molecule has 4 rings (SSSR count). The van der Waals surface area contributed by atoms with Crippen LogP contribution in [0.15, 0.2) is 52.9 Å². The lowest BCUT2D eigenvalue weighted by atomic mass is 10.0. The van der Waals surface area contributed by atoms with Crippen LogP contribution in [0.4, 0.5) is 16.2 Å². The van der Waals surface area contributed by atoms with E-state index in [1.165, 1.54) is 17.7 Å². The monoisotopic (exact) mass is 404 g/mol. The van der Waals surface area contributed by atoms with Crippen LogP contribution in [0.25, 0.3) is 22.7 Å². The summed E-state index contributed by atoms with van der Waals surface area (Å²) in [6.45, 7) is 4.64. The number of rotatable bonds is 6. The van der Waals surface area contributed by atoms with Crippen LogP contribution in [0.5, 0.6) is 0 Å². The maximum Gasteiger partial charge on any atom is 0.247 e. The van der Waals surface area contributed by atoms with Gasteiger partial charge < -0.3 is 15.5 Å². The van der Waals surface area contributed by atoms with E-state index in [1.807, 2.05) is 18.2 Å². The van der Waals surface area contributed by atoms with E-state index >= 15 is 0 Å². The van der Waals surface area contributed by atoms with Crippen LogP contribution in [0, 0.1) is 19.7 Å². The van der Waals surface area contributed by atoms with Gasteiger partial charge >= 0.3 is 0 Å². The fraction of sp³-hybridized carbons (Fsp3) is 0.182. The highest BCUT2D eigenvalue weighted by Gasteiger charge is 2.11. The first kappa shape index (κ1) is 19.5. The smallest absolute Gasteiger partial charge is 0.247 e. The summed E-state index contributed by atoms with van der Waals surface area (Å²) in [7, 11) is 0. The topological polar surface area (TPSA) is 103 Å². The van der Waals surface area contributed by atoms with E-state index in [-0.39, 0.29) is 11.8 Å². The van der Waals surface area contributed by atoms with Gasteiger partial charge in [-0.2, -0.15) is 4.98 Å². The molecule has 0 aliphatic heterocycles. The molecule has 0 radical (unpaired) electrons. The van der Waals surface area contributed by atoms with Crippen molar-refractivity contribution in [2.75, 3.05) is 17.6 Å². The number of hydrogen-bond acceptors (Lipinski definition) is 7. The van der Waals surface area contributed by atoms with Gasteiger partial charge in [0, 0.05) is 30.2 Å². The Morgan fingerprint density at radius 2 is 1.83 bits per heavy atom. The molecule has 0 saturated carbocycles. The number of aryl methyl sites for hydroxylation is 1. The number of aromatic nitrogens is 4. The maximum absolute atomic E-state index is 13.0. The van der Waals surface area contributed by atoms with E-state index in [4.69, 9.17) is 10.2 Å². The van der Waals surface area contributed by atoms with Crippen LogP contribution >= 0.6 is 0 Å². The number of hydrogen-bond donors (Lipinski definition) is 2. The van der Waals surface area contributed by atoms with Crippen LogP contribution in [0.1, 0.15) is 17.0 Å². The van der Waals surface area contributed by atoms with Crippen LogP contribution < -0.4 is 11.1 Å². The fourth-order valence-corrected chi connectivity index (χ4v) is 3.08. The third-order valence-corrected chi connectivity index (χ3v) is 4.83. The molecular formula is C22H21FN6O. The van der Waals surface area contributed by atoms with E-state index in [9.17, 15) is 4.39 Å². The summed E-state index contributed by atoms with van der Waals surface area (Å²) in [4.78, 5) is 8.63. The van der Waals surface area contributed by atoms with Crippen LogP contribution in [0.3, 0.4) is 0 Å². The van der Waals surface area contributed by atoms with E-state index in [0.717, 1.165) is 16.8 Å². The summed E-state index contributed by atoms with van der Waals surface area (Å²) in [5.41, 5.74) is 10.7. The number of nitrogens with zero attached hydrogens (tertiary/aromatic N) is 4. The van der Waals surface area contributed by atoms with E-state index < -0.39 is 0 Å². The molecule has 0 fully saturated rings. The summed E-state index contributed by atoms with van der Waals surface area (Å²) < 4.78 is 18.7. The van der Waals surface area contributed by atoms with E-state index in [1.54, 1.807) is 12.1 Å². The quantitative estimate of drug-likeness (QED) is 0.497. The molecule has 4 aromatic rings. The van der Waals surface area contributed by atoms with Crippen molar-refractivity contribution in [3.8, 4) is 22.7 Å². The minimum atomic E-state index is -0.313. The highest BCUT2D eigenvalue weighted by molar-refractivity contribution is 5.68. The summed E-state index contributed by atoms with van der Waals surface area (Å²) in [6.07, 6.45) is 0.497. The van der Waals surface area contributed by atoms with Crippen molar-refractivity contribution in [2.45, 2.75) is 20.3 Å². The van der Waals surface area contributed by atoms with Gasteiger partial charge in [0.1, 0.15) is 11.6 Å². The summed E-state index contributed by atoms with van der Waals surface area (Å²) in [5.74, 6) is 1.34. The zero-order valence-electron chi connectivity index (χ0n) is 16.7. The molecule has 7 nitrogen and oxygen atoms in total. The van der Waals surface area contributed by atoms with Gasteiger partial charge in [-0.25, -0.2) is 9.37 Å². The van der Waals surface area contributed by atoms with Gasteiger partial charge in [-0.1, -0.05) is 18.2 Å². The van der Waals surface area contributed by atoms with Gasteiger partial charge in [0.15, 0.2) is 0 Å². The third-order valence-electron chi connectivity index (χ3n) is 4.83. The van der Waals surface area contributed by atoms with Crippen LogP contribution in [0.2, 0.25) is 0 Å². The Bertz CT molecular complexity index is 1170. The van der Waals surface area contributed by atoms with E-state index in [2.05, 4.69) is 45.4 Å². The lowest BCUT2D eigenvalue weighted by Gasteiger charge is -2.11. The van der Waals surface area contributed by atoms with Crippen molar-refractivity contribution in [1.29, 1.82) is 0 Å². The molecule has 0 aliphatic rings. The second kappa shape index (κ2) is 8.28. The predicted octanol–water partition coefficient (Wildman–Crippen LogP) is 4.19. The lowest BCUT2D eigenvalue weighted by molar-refractivity contribution is 0.509. The van der Waals surface area contributed by atoms with Crippen LogP contribution in [-0.2, 0) is 6.42 Å². The molecule has 0 aliphatic carbocycles. The number of nitrogens with two attached hydrogens (primary N) is 1. The molecule has 0 saturated heterocycles. The van der Waals surface area contributed by atoms with Gasteiger partial charge in [-0.15, -0.1) is 10.2 Å². The van der Waals surface area contributed by atoms with Gasteiger partial charge in [0.05, 0.1) is 5.69 Å². The molecule has 2 aromatic carbocycles. The van der Waals surface area contributed by atoms with Crippen molar-refractivity contribution < 1.29 is 8.81 Å². The molecule has 0 unspecified atom stereocenters. The molecule has 3 N–H and O–H groups in total. The Labute approximate surface area is 173 Å². The Balaban J connectivity index is 1.44. The first-order valence-corrected chi connectivity index (χ1v) is 9.53. The molecular weight excluding hydrogens is 383 g/mol. The molecule has 30 heavy (non-hydrogen) atoms. The van der Waals surface area contributed by atoms with Gasteiger partial charge in [-0.3, -0.25) is 0 Å². The maximum atomic E-state index is 13.0. The SMILES string of the molecule is Cc1cccc(-c2cc(NCCc3nnc(-c4ccc(F)cc4)o3)nc(N)n2)c1C. The Morgan fingerprint density at radius 3 is 2.63 bits per heavy atom. The Kier molecular flexibility index (Phi) is 5.38. The molecule has 8 heteroatoms. The normalized spacial score (nSPS) is 10.9. The van der Waals surface area contributed by atoms with Crippen molar-refractivity contribution in [3.63, 3.8) is 0 Å². The van der Waals surface area contributed by atoms with Crippen molar-refractivity contribution in [1.82, 2.24) is 20.2 Å². The third kappa shape index (κ3) is 4.27. The first-order valence-electron chi connectivity index (χ1n) is 9.53. The van der Waals surface area contributed by atoms with E-state index in [0.29, 0.717) is 36.1 Å². The molecule has 0 bridgehead atoms. The summed E-state index contributed by atoms with van der Waals surface area (Å²) >= 11 is 0. The fourth-order valence-electron chi connectivity index (χ4n) is 3.08. The highest BCUT2D eigenvalue weighted by atomic mass is 19.1. The molecule has 152 valence electrons. The number of halogens is 1. The lowest BCUT2D eigenvalue weighted by Crippen LogP contribution is -2.09. The Morgan fingerprint density at radius 1 is 1.03 bits per heavy atom. The predicted molar refractivity (Wildman–Crippen MR) is 113 cm³/mol. The molecule has 0 spiro atoms. The second-order valence-corrected chi connectivity index (χ2v) is 6.93. The van der Waals surface area contributed by atoms with Gasteiger partial charge in [0.2, 0.25) is 17.7 Å². The molecule has 0 amide bonds. The summed E-state index contributed by atoms with van der Waals surface area (Å²) in [6, 6.07) is 13.9.